The van der Waals surface area contributed by atoms with E-state index in [-0.39, 0.29) is 6.61 Å². The van der Waals surface area contributed by atoms with Crippen LogP contribution in [0.2, 0.25) is 0 Å². The molecule has 1 N–H and O–H groups in total. The Morgan fingerprint density at radius 1 is 1.16 bits per heavy atom. The third-order valence-corrected chi connectivity index (χ3v) is 2.99. The molecule has 0 radical (unpaired) electrons. The fourth-order valence-electron chi connectivity index (χ4n) is 1.91. The summed E-state index contributed by atoms with van der Waals surface area (Å²) in [6.45, 7) is 4.68. The number of rotatable bonds is 7. The molecule has 1 aromatic rings. The number of ether oxygens (including phenoxy) is 3. The van der Waals surface area contributed by atoms with Crippen LogP contribution in [0.1, 0.15) is 26.3 Å². The summed E-state index contributed by atoms with van der Waals surface area (Å²) in [6.07, 6.45) is -5.82. The number of halogens is 2. The Balaban J connectivity index is 2.87. The first-order valence-corrected chi connectivity index (χ1v) is 7.65. The molecular weight excluding hydrogens is 336 g/mol. The van der Waals surface area contributed by atoms with Crippen LogP contribution in [0.15, 0.2) is 30.3 Å². The Hall–Kier alpha value is -2.22. The molecule has 2 atom stereocenters. The van der Waals surface area contributed by atoms with E-state index < -0.39 is 36.2 Å². The number of esters is 1. The van der Waals surface area contributed by atoms with Crippen LogP contribution >= 0.6 is 0 Å². The zero-order valence-electron chi connectivity index (χ0n) is 14.6. The molecule has 0 aliphatic heterocycles. The molecule has 140 valence electrons. The van der Waals surface area contributed by atoms with Gasteiger partial charge in [0.05, 0.1) is 13.7 Å². The second-order valence-corrected chi connectivity index (χ2v) is 6.25. The number of alkyl carbamates (subject to hydrolysis) is 1. The highest BCUT2D eigenvalue weighted by Gasteiger charge is 2.39. The van der Waals surface area contributed by atoms with Crippen molar-refractivity contribution in [2.24, 2.45) is 0 Å². The highest BCUT2D eigenvalue weighted by molar-refractivity contribution is 5.77. The van der Waals surface area contributed by atoms with Crippen molar-refractivity contribution in [3.63, 3.8) is 0 Å². The van der Waals surface area contributed by atoms with Crippen LogP contribution in [0.3, 0.4) is 0 Å². The molecule has 0 bridgehead atoms. The van der Waals surface area contributed by atoms with Crippen LogP contribution in [0.4, 0.5) is 13.6 Å². The highest BCUT2D eigenvalue weighted by Crippen LogP contribution is 2.15. The van der Waals surface area contributed by atoms with Crippen LogP contribution in [0.5, 0.6) is 0 Å². The lowest BCUT2D eigenvalue weighted by Crippen LogP contribution is -2.53. The summed E-state index contributed by atoms with van der Waals surface area (Å²) in [7, 11) is 1.05. The number of amides is 1. The van der Waals surface area contributed by atoms with Crippen LogP contribution in [0, 0.1) is 0 Å². The summed E-state index contributed by atoms with van der Waals surface area (Å²) in [5.74, 6) is -1.02. The molecule has 0 unspecified atom stereocenters. The molecule has 0 fully saturated rings. The minimum atomic E-state index is -3.06. The van der Waals surface area contributed by atoms with Crippen LogP contribution in [-0.4, -0.2) is 43.3 Å². The second kappa shape index (κ2) is 9.31. The fourth-order valence-corrected chi connectivity index (χ4v) is 1.91. The number of nitrogens with one attached hydrogen (secondary N) is 1. The maximum Gasteiger partial charge on any atom is 0.408 e. The van der Waals surface area contributed by atoms with Crippen molar-refractivity contribution >= 4 is 12.1 Å². The predicted octanol–water partition coefficient (Wildman–Crippen LogP) is 2.90. The highest BCUT2D eigenvalue weighted by atomic mass is 19.3. The molecule has 0 aliphatic carbocycles. The van der Waals surface area contributed by atoms with Crippen molar-refractivity contribution in [1.82, 2.24) is 5.32 Å². The van der Waals surface area contributed by atoms with Gasteiger partial charge in [0.2, 0.25) is 0 Å². The zero-order valence-corrected chi connectivity index (χ0v) is 14.6. The molecular formula is C17H23F2NO5. The Kier molecular flexibility index (Phi) is 7.76. The molecule has 8 heteroatoms. The van der Waals surface area contributed by atoms with E-state index in [0.29, 0.717) is 5.56 Å². The van der Waals surface area contributed by atoms with Gasteiger partial charge in [-0.3, -0.25) is 0 Å². The van der Waals surface area contributed by atoms with Gasteiger partial charge in [0.1, 0.15) is 11.6 Å². The van der Waals surface area contributed by atoms with Gasteiger partial charge in [-0.15, -0.1) is 0 Å². The van der Waals surface area contributed by atoms with Crippen molar-refractivity contribution in [3.8, 4) is 0 Å². The lowest BCUT2D eigenvalue weighted by Gasteiger charge is -2.27. The summed E-state index contributed by atoms with van der Waals surface area (Å²) in [4.78, 5) is 23.7. The van der Waals surface area contributed by atoms with E-state index in [1.54, 1.807) is 51.1 Å². The maximum atomic E-state index is 13.4. The largest absolute Gasteiger partial charge is 0.467 e. The summed E-state index contributed by atoms with van der Waals surface area (Å²) >= 11 is 0. The fraction of sp³-hybridized carbons (Fsp3) is 0.529. The van der Waals surface area contributed by atoms with Crippen molar-refractivity contribution < 1.29 is 32.6 Å². The van der Waals surface area contributed by atoms with E-state index in [9.17, 15) is 18.4 Å². The molecule has 0 aliphatic rings. The van der Waals surface area contributed by atoms with Gasteiger partial charge in [-0.1, -0.05) is 30.3 Å². The molecule has 0 heterocycles. The monoisotopic (exact) mass is 359 g/mol. The normalized spacial score (nSPS) is 13.9. The number of carbonyl (C=O) groups is 2. The van der Waals surface area contributed by atoms with Gasteiger partial charge in [0, 0.05) is 0 Å². The first kappa shape index (κ1) is 20.8. The number of carbonyl (C=O) groups excluding carboxylic acids is 2. The van der Waals surface area contributed by atoms with Gasteiger partial charge < -0.3 is 19.5 Å². The topological polar surface area (TPSA) is 73.9 Å². The minimum absolute atomic E-state index is 0.0974. The molecule has 1 rings (SSSR count). The summed E-state index contributed by atoms with van der Waals surface area (Å²) in [5, 5.41) is 1.99. The van der Waals surface area contributed by atoms with Gasteiger partial charge in [-0.25, -0.2) is 18.4 Å². The smallest absolute Gasteiger partial charge is 0.408 e. The zero-order chi connectivity index (χ0) is 19.0. The SMILES string of the molecule is COC(=O)[C@H](OCc1ccccc1)[C@@H](NC(=O)OC(C)(C)C)C(F)F. The maximum absolute atomic E-state index is 13.4. The summed E-state index contributed by atoms with van der Waals surface area (Å²) in [5.41, 5.74) is -0.190. The van der Waals surface area contributed by atoms with Crippen molar-refractivity contribution in [2.75, 3.05) is 7.11 Å². The molecule has 0 saturated heterocycles. The molecule has 1 aromatic carbocycles. The quantitative estimate of drug-likeness (QED) is 0.758. The van der Waals surface area contributed by atoms with E-state index >= 15 is 0 Å². The van der Waals surface area contributed by atoms with Gasteiger partial charge in [0.25, 0.3) is 6.43 Å². The Bertz CT molecular complexity index is 560. The van der Waals surface area contributed by atoms with Crippen molar-refractivity contribution in [3.05, 3.63) is 35.9 Å². The first-order valence-electron chi connectivity index (χ1n) is 7.65. The van der Waals surface area contributed by atoms with Gasteiger partial charge in [-0.2, -0.15) is 0 Å². The van der Waals surface area contributed by atoms with Gasteiger partial charge >= 0.3 is 12.1 Å². The number of alkyl halides is 2. The molecule has 6 nitrogen and oxygen atoms in total. The van der Waals surface area contributed by atoms with Crippen molar-refractivity contribution in [1.29, 1.82) is 0 Å². The number of methoxy groups -OCH3 is 1. The van der Waals surface area contributed by atoms with E-state index in [1.165, 1.54) is 0 Å². The summed E-state index contributed by atoms with van der Waals surface area (Å²) < 4.78 is 41.6. The third kappa shape index (κ3) is 7.47. The number of hydrogen-bond donors (Lipinski definition) is 1. The van der Waals surface area contributed by atoms with Crippen LogP contribution < -0.4 is 5.32 Å². The van der Waals surface area contributed by atoms with E-state index in [1.807, 2.05) is 5.32 Å². The van der Waals surface area contributed by atoms with E-state index in [4.69, 9.17) is 9.47 Å². The Labute approximate surface area is 145 Å². The van der Waals surface area contributed by atoms with E-state index in [0.717, 1.165) is 7.11 Å². The molecule has 0 spiro atoms. The lowest BCUT2D eigenvalue weighted by molar-refractivity contribution is -0.160. The Morgan fingerprint density at radius 3 is 2.24 bits per heavy atom. The standard InChI is InChI=1S/C17H23F2NO5/c1-17(2,3)25-16(22)20-12(14(18)19)13(15(21)23-4)24-10-11-8-6-5-7-9-11/h5-9,12-14H,10H2,1-4H3,(H,20,22)/t12-,13-/m1/s1. The third-order valence-electron chi connectivity index (χ3n) is 2.99. The van der Waals surface area contributed by atoms with Crippen LogP contribution in [-0.2, 0) is 25.6 Å². The van der Waals surface area contributed by atoms with Gasteiger partial charge in [-0.05, 0) is 26.3 Å². The molecule has 0 aromatic heterocycles. The van der Waals surface area contributed by atoms with Crippen LogP contribution in [0.25, 0.3) is 0 Å². The van der Waals surface area contributed by atoms with E-state index in [2.05, 4.69) is 4.74 Å². The molecule has 25 heavy (non-hydrogen) atoms. The Morgan fingerprint density at radius 2 is 1.76 bits per heavy atom. The average Bonchev–Trinajstić information content (AvgIpc) is 2.52. The molecule has 1 amide bonds. The van der Waals surface area contributed by atoms with Crippen molar-refractivity contribution in [2.45, 2.75) is 51.6 Å². The predicted molar refractivity (Wildman–Crippen MR) is 86.2 cm³/mol. The number of benzene rings is 1. The van der Waals surface area contributed by atoms with Gasteiger partial charge in [0.15, 0.2) is 6.10 Å². The first-order chi connectivity index (χ1) is 11.6. The average molecular weight is 359 g/mol. The molecule has 0 saturated carbocycles. The lowest BCUT2D eigenvalue weighted by atomic mass is 10.1. The second-order valence-electron chi connectivity index (χ2n) is 6.25. The minimum Gasteiger partial charge on any atom is -0.467 e. The number of hydrogen-bond acceptors (Lipinski definition) is 5. The summed E-state index contributed by atoms with van der Waals surface area (Å²) in [6, 6.07) is 6.80.